The highest BCUT2D eigenvalue weighted by molar-refractivity contribution is 5.35. The summed E-state index contributed by atoms with van der Waals surface area (Å²) in [5, 5.41) is 13.5. The van der Waals surface area contributed by atoms with Crippen LogP contribution in [0, 0.1) is 17.0 Å². The predicted molar refractivity (Wildman–Crippen MR) is 64.8 cm³/mol. The van der Waals surface area contributed by atoms with Crippen molar-refractivity contribution in [2.24, 2.45) is 0 Å². The smallest absolute Gasteiger partial charge is 0.258 e. The van der Waals surface area contributed by atoms with Gasteiger partial charge in [0, 0.05) is 6.07 Å². The SMILES string of the molecule is Cc1nc(Cn2nc(C(F)(F)F)nc2C(F)(F)F)ccc1[N+](=O)[O-]. The van der Waals surface area contributed by atoms with Gasteiger partial charge in [0.1, 0.15) is 5.69 Å². The Balaban J connectivity index is 2.44. The third-order valence-corrected chi connectivity index (χ3v) is 2.80. The molecule has 0 fully saturated rings. The third kappa shape index (κ3) is 3.60. The predicted octanol–water partition coefficient (Wildman–Crippen LogP) is 2.98. The summed E-state index contributed by atoms with van der Waals surface area (Å²) in [6.45, 7) is 0.464. The Morgan fingerprint density at radius 3 is 2.21 bits per heavy atom. The lowest BCUT2D eigenvalue weighted by Crippen LogP contribution is -2.17. The Morgan fingerprint density at radius 1 is 1.12 bits per heavy atom. The summed E-state index contributed by atoms with van der Waals surface area (Å²) in [4.78, 5) is 16.1. The topological polar surface area (TPSA) is 86.7 Å². The fourth-order valence-electron chi connectivity index (χ4n) is 1.82. The van der Waals surface area contributed by atoms with Crippen molar-refractivity contribution in [3.63, 3.8) is 0 Å². The Morgan fingerprint density at radius 2 is 1.75 bits per heavy atom. The van der Waals surface area contributed by atoms with E-state index in [1.165, 1.54) is 6.92 Å². The number of nitro groups is 1. The summed E-state index contributed by atoms with van der Waals surface area (Å²) in [6, 6.07) is 2.02. The highest BCUT2D eigenvalue weighted by Crippen LogP contribution is 2.32. The van der Waals surface area contributed by atoms with Crippen molar-refractivity contribution in [2.75, 3.05) is 0 Å². The monoisotopic (exact) mass is 355 g/mol. The van der Waals surface area contributed by atoms with Gasteiger partial charge in [0.15, 0.2) is 0 Å². The molecule has 2 heterocycles. The van der Waals surface area contributed by atoms with Crippen molar-refractivity contribution < 1.29 is 31.3 Å². The number of pyridine rings is 1. The molecule has 0 atom stereocenters. The molecule has 0 saturated carbocycles. The Labute approximate surface area is 129 Å². The van der Waals surface area contributed by atoms with Gasteiger partial charge >= 0.3 is 12.4 Å². The van der Waals surface area contributed by atoms with Crippen LogP contribution >= 0.6 is 0 Å². The van der Waals surface area contributed by atoms with Crippen molar-refractivity contribution in [2.45, 2.75) is 25.8 Å². The standard InChI is InChI=1S/C11H7F6N5O2/c1-5-7(22(23)24)3-2-6(18-5)4-21-9(11(15,16)17)19-8(20-21)10(12,13)14/h2-3H,4H2,1H3. The van der Waals surface area contributed by atoms with E-state index in [1.54, 1.807) is 0 Å². The molecule has 0 saturated heterocycles. The van der Waals surface area contributed by atoms with Crippen LogP contribution in [0.25, 0.3) is 0 Å². The summed E-state index contributed by atoms with van der Waals surface area (Å²) in [6.07, 6.45) is -10.3. The quantitative estimate of drug-likeness (QED) is 0.480. The molecule has 13 heteroatoms. The number of aryl methyl sites for hydroxylation is 1. The Kier molecular flexibility index (Phi) is 4.20. The molecule has 0 radical (unpaired) electrons. The van der Waals surface area contributed by atoms with Crippen molar-refractivity contribution in [1.82, 2.24) is 19.7 Å². The van der Waals surface area contributed by atoms with Crippen LogP contribution in [0.5, 0.6) is 0 Å². The van der Waals surface area contributed by atoms with Gasteiger partial charge in [0.05, 0.1) is 17.2 Å². The Bertz CT molecular complexity index is 782. The first-order chi connectivity index (χ1) is 10.9. The summed E-state index contributed by atoms with van der Waals surface area (Å²) >= 11 is 0. The molecule has 24 heavy (non-hydrogen) atoms. The molecular formula is C11H7F6N5O2. The number of halogens is 6. The van der Waals surface area contributed by atoms with E-state index in [9.17, 15) is 36.5 Å². The minimum atomic E-state index is -5.16. The molecule has 0 aliphatic carbocycles. The number of hydrogen-bond donors (Lipinski definition) is 0. The first-order valence-electron chi connectivity index (χ1n) is 6.09. The van der Waals surface area contributed by atoms with Crippen LogP contribution in [0.15, 0.2) is 12.1 Å². The zero-order valence-corrected chi connectivity index (χ0v) is 11.7. The molecule has 0 N–H and O–H groups in total. The lowest BCUT2D eigenvalue weighted by Gasteiger charge is -2.08. The van der Waals surface area contributed by atoms with E-state index in [0.717, 1.165) is 12.1 Å². The van der Waals surface area contributed by atoms with E-state index in [0.29, 0.717) is 0 Å². The lowest BCUT2D eigenvalue weighted by atomic mass is 10.2. The number of alkyl halides is 6. The molecule has 2 aromatic heterocycles. The fraction of sp³-hybridized carbons (Fsp3) is 0.364. The normalized spacial score (nSPS) is 12.5. The van der Waals surface area contributed by atoms with E-state index in [1.807, 2.05) is 0 Å². The van der Waals surface area contributed by atoms with Crippen LogP contribution in [0.3, 0.4) is 0 Å². The molecule has 130 valence electrons. The van der Waals surface area contributed by atoms with Gasteiger partial charge in [-0.25, -0.2) is 9.67 Å². The summed E-state index contributed by atoms with van der Waals surface area (Å²) in [5.74, 6) is -3.78. The maximum atomic E-state index is 12.8. The van der Waals surface area contributed by atoms with Gasteiger partial charge in [0.2, 0.25) is 5.82 Å². The number of nitrogens with zero attached hydrogens (tertiary/aromatic N) is 5. The maximum Gasteiger partial charge on any atom is 0.453 e. The average molecular weight is 355 g/mol. The minimum absolute atomic E-state index is 0.0103. The fourth-order valence-corrected chi connectivity index (χ4v) is 1.82. The molecule has 2 rings (SSSR count). The zero-order valence-electron chi connectivity index (χ0n) is 11.7. The zero-order chi connectivity index (χ0) is 18.3. The highest BCUT2D eigenvalue weighted by atomic mass is 19.4. The van der Waals surface area contributed by atoms with E-state index < -0.39 is 35.5 Å². The summed E-state index contributed by atoms with van der Waals surface area (Å²) < 4.78 is 76.0. The van der Waals surface area contributed by atoms with Crippen LogP contribution in [-0.4, -0.2) is 24.7 Å². The molecule has 2 aromatic rings. The van der Waals surface area contributed by atoms with Crippen molar-refractivity contribution >= 4 is 5.69 Å². The highest BCUT2D eigenvalue weighted by Gasteiger charge is 2.44. The second kappa shape index (κ2) is 5.72. The largest absolute Gasteiger partial charge is 0.453 e. The maximum absolute atomic E-state index is 12.8. The van der Waals surface area contributed by atoms with E-state index in [2.05, 4.69) is 15.1 Å². The van der Waals surface area contributed by atoms with Crippen LogP contribution in [-0.2, 0) is 18.9 Å². The number of aromatic nitrogens is 4. The lowest BCUT2D eigenvalue weighted by molar-refractivity contribution is -0.385. The van der Waals surface area contributed by atoms with Gasteiger partial charge in [-0.05, 0) is 13.0 Å². The molecule has 0 spiro atoms. The molecule has 0 aliphatic rings. The third-order valence-electron chi connectivity index (χ3n) is 2.80. The Hall–Kier alpha value is -2.73. The van der Waals surface area contributed by atoms with E-state index in [4.69, 9.17) is 0 Å². The van der Waals surface area contributed by atoms with Gasteiger partial charge < -0.3 is 0 Å². The molecule has 0 unspecified atom stereocenters. The minimum Gasteiger partial charge on any atom is -0.258 e. The molecule has 0 aromatic carbocycles. The number of rotatable bonds is 3. The first-order valence-corrected chi connectivity index (χ1v) is 6.09. The van der Waals surface area contributed by atoms with Gasteiger partial charge in [-0.3, -0.25) is 10.1 Å². The molecule has 0 bridgehead atoms. The van der Waals surface area contributed by atoms with Gasteiger partial charge in [0.25, 0.3) is 11.5 Å². The van der Waals surface area contributed by atoms with Gasteiger partial charge in [-0.2, -0.15) is 31.3 Å². The number of hydrogen-bond acceptors (Lipinski definition) is 5. The summed E-state index contributed by atoms with van der Waals surface area (Å²) in [7, 11) is 0. The van der Waals surface area contributed by atoms with Crippen LogP contribution in [0.4, 0.5) is 32.0 Å². The van der Waals surface area contributed by atoms with E-state index >= 15 is 0 Å². The second-order valence-corrected chi connectivity index (χ2v) is 4.58. The molecule has 0 amide bonds. The van der Waals surface area contributed by atoms with E-state index in [-0.39, 0.29) is 21.8 Å². The molecular weight excluding hydrogens is 348 g/mol. The summed E-state index contributed by atoms with van der Waals surface area (Å²) in [5.41, 5.74) is -0.603. The first kappa shape index (κ1) is 17.6. The average Bonchev–Trinajstić information content (AvgIpc) is 2.82. The van der Waals surface area contributed by atoms with Crippen molar-refractivity contribution in [3.05, 3.63) is 45.3 Å². The van der Waals surface area contributed by atoms with Crippen molar-refractivity contribution in [3.8, 4) is 0 Å². The van der Waals surface area contributed by atoms with Gasteiger partial charge in [-0.1, -0.05) is 0 Å². The second-order valence-electron chi connectivity index (χ2n) is 4.58. The van der Waals surface area contributed by atoms with Gasteiger partial charge in [-0.15, -0.1) is 5.10 Å². The van der Waals surface area contributed by atoms with Crippen LogP contribution in [0.1, 0.15) is 23.0 Å². The molecule has 7 nitrogen and oxygen atoms in total. The van der Waals surface area contributed by atoms with Crippen LogP contribution in [0.2, 0.25) is 0 Å². The molecule has 0 aliphatic heterocycles. The van der Waals surface area contributed by atoms with Crippen molar-refractivity contribution in [1.29, 1.82) is 0 Å². The van der Waals surface area contributed by atoms with Crippen LogP contribution < -0.4 is 0 Å².